The predicted molar refractivity (Wildman–Crippen MR) is 70.5 cm³/mol. The molecule has 5 heteroatoms. The van der Waals surface area contributed by atoms with Gasteiger partial charge in [0, 0.05) is 12.5 Å². The smallest absolute Gasteiger partial charge is 0.172 e. The first-order chi connectivity index (χ1) is 8.67. The summed E-state index contributed by atoms with van der Waals surface area (Å²) in [5.41, 5.74) is 0.549. The Labute approximate surface area is 114 Å². The Bertz CT molecular complexity index is 453. The van der Waals surface area contributed by atoms with Crippen molar-refractivity contribution in [3.8, 4) is 11.5 Å². The molecule has 1 aliphatic heterocycles. The summed E-state index contributed by atoms with van der Waals surface area (Å²) in [4.78, 5) is 12.4. The van der Waals surface area contributed by atoms with Crippen LogP contribution >= 0.6 is 15.9 Å². The molecule has 4 nitrogen and oxygen atoms in total. The molecule has 1 unspecified atom stereocenters. The number of rotatable bonds is 4. The standard InChI is InChI=1S/C13H15BrO4/c1-16-11-6-10(14)12(17-2)5-9(11)13(15)8-3-4-18-7-8/h5-6,8H,3-4,7H2,1-2H3. The Kier molecular flexibility index (Phi) is 4.24. The lowest BCUT2D eigenvalue weighted by molar-refractivity contribution is 0.0897. The van der Waals surface area contributed by atoms with Gasteiger partial charge in [-0.1, -0.05) is 0 Å². The van der Waals surface area contributed by atoms with Gasteiger partial charge in [0.1, 0.15) is 11.5 Å². The van der Waals surface area contributed by atoms with E-state index < -0.39 is 0 Å². The average molecular weight is 315 g/mol. The lowest BCUT2D eigenvalue weighted by atomic mass is 9.96. The second kappa shape index (κ2) is 5.71. The van der Waals surface area contributed by atoms with Crippen LogP contribution in [-0.4, -0.2) is 33.2 Å². The maximum atomic E-state index is 12.4. The Morgan fingerprint density at radius 1 is 1.33 bits per heavy atom. The number of hydrogen-bond acceptors (Lipinski definition) is 4. The van der Waals surface area contributed by atoms with Crippen LogP contribution in [0.1, 0.15) is 16.8 Å². The van der Waals surface area contributed by atoms with E-state index in [1.54, 1.807) is 26.4 Å². The molecule has 1 saturated heterocycles. The summed E-state index contributed by atoms with van der Waals surface area (Å²) in [6, 6.07) is 3.46. The SMILES string of the molecule is COc1cc(C(=O)C2CCOC2)c(OC)cc1Br. The maximum Gasteiger partial charge on any atom is 0.172 e. The van der Waals surface area contributed by atoms with Gasteiger partial charge >= 0.3 is 0 Å². The number of hydrogen-bond donors (Lipinski definition) is 0. The third kappa shape index (κ3) is 2.52. The Morgan fingerprint density at radius 2 is 2.06 bits per heavy atom. The molecule has 0 amide bonds. The van der Waals surface area contributed by atoms with Gasteiger partial charge in [-0.25, -0.2) is 0 Å². The molecule has 0 saturated carbocycles. The minimum Gasteiger partial charge on any atom is -0.496 e. The summed E-state index contributed by atoms with van der Waals surface area (Å²) >= 11 is 3.37. The van der Waals surface area contributed by atoms with E-state index in [9.17, 15) is 4.79 Å². The molecule has 1 fully saturated rings. The lowest BCUT2D eigenvalue weighted by Gasteiger charge is -2.13. The van der Waals surface area contributed by atoms with E-state index in [0.717, 1.165) is 10.9 Å². The van der Waals surface area contributed by atoms with Gasteiger partial charge < -0.3 is 14.2 Å². The van der Waals surface area contributed by atoms with Crippen molar-refractivity contribution in [2.24, 2.45) is 5.92 Å². The zero-order valence-electron chi connectivity index (χ0n) is 10.4. The first kappa shape index (κ1) is 13.4. The van der Waals surface area contributed by atoms with Gasteiger partial charge in [0.25, 0.3) is 0 Å². The van der Waals surface area contributed by atoms with Crippen molar-refractivity contribution in [2.75, 3.05) is 27.4 Å². The molecular formula is C13H15BrO4. The van der Waals surface area contributed by atoms with Gasteiger partial charge in [0.05, 0.1) is 30.9 Å². The molecule has 0 spiro atoms. The van der Waals surface area contributed by atoms with Crippen LogP contribution < -0.4 is 9.47 Å². The van der Waals surface area contributed by atoms with E-state index in [-0.39, 0.29) is 11.7 Å². The molecular weight excluding hydrogens is 300 g/mol. The first-order valence-corrected chi connectivity index (χ1v) is 6.50. The van der Waals surface area contributed by atoms with Crippen molar-refractivity contribution >= 4 is 21.7 Å². The van der Waals surface area contributed by atoms with E-state index in [0.29, 0.717) is 30.3 Å². The van der Waals surface area contributed by atoms with Crippen LogP contribution in [-0.2, 0) is 4.74 Å². The van der Waals surface area contributed by atoms with Gasteiger partial charge in [0.15, 0.2) is 5.78 Å². The summed E-state index contributed by atoms with van der Waals surface area (Å²) in [6.45, 7) is 1.13. The highest BCUT2D eigenvalue weighted by molar-refractivity contribution is 9.10. The van der Waals surface area contributed by atoms with Gasteiger partial charge in [0.2, 0.25) is 0 Å². The van der Waals surface area contributed by atoms with Gasteiger partial charge in [-0.2, -0.15) is 0 Å². The third-order valence-electron chi connectivity index (χ3n) is 3.04. The van der Waals surface area contributed by atoms with Crippen LogP contribution in [0.2, 0.25) is 0 Å². The molecule has 0 N–H and O–H groups in total. The van der Waals surface area contributed by atoms with Crippen LogP contribution in [0.15, 0.2) is 16.6 Å². The number of ketones is 1. The van der Waals surface area contributed by atoms with E-state index in [4.69, 9.17) is 14.2 Å². The van der Waals surface area contributed by atoms with Crippen LogP contribution in [0, 0.1) is 5.92 Å². The minimum absolute atomic E-state index is 0.0511. The first-order valence-electron chi connectivity index (χ1n) is 5.71. The van der Waals surface area contributed by atoms with Gasteiger partial charge in [-0.05, 0) is 34.5 Å². The van der Waals surface area contributed by atoms with Crippen LogP contribution in [0.3, 0.4) is 0 Å². The van der Waals surface area contributed by atoms with Crippen molar-refractivity contribution < 1.29 is 19.0 Å². The van der Waals surface area contributed by atoms with E-state index in [1.807, 2.05) is 0 Å². The van der Waals surface area contributed by atoms with Crippen molar-refractivity contribution in [2.45, 2.75) is 6.42 Å². The Morgan fingerprint density at radius 3 is 2.61 bits per heavy atom. The number of halogens is 1. The molecule has 1 heterocycles. The highest BCUT2D eigenvalue weighted by Gasteiger charge is 2.27. The van der Waals surface area contributed by atoms with E-state index >= 15 is 0 Å². The van der Waals surface area contributed by atoms with Gasteiger partial charge in [-0.3, -0.25) is 4.79 Å². The molecule has 98 valence electrons. The number of Topliss-reactive ketones (excluding diaryl/α,β-unsaturated/α-hetero) is 1. The molecule has 0 aliphatic carbocycles. The fraction of sp³-hybridized carbons (Fsp3) is 0.462. The van der Waals surface area contributed by atoms with Crippen LogP contribution in [0.5, 0.6) is 11.5 Å². The highest BCUT2D eigenvalue weighted by Crippen LogP contribution is 2.34. The van der Waals surface area contributed by atoms with Crippen LogP contribution in [0.4, 0.5) is 0 Å². The monoisotopic (exact) mass is 314 g/mol. The number of carbonyl (C=O) groups is 1. The van der Waals surface area contributed by atoms with E-state index in [1.165, 1.54) is 0 Å². The van der Waals surface area contributed by atoms with Gasteiger partial charge in [-0.15, -0.1) is 0 Å². The largest absolute Gasteiger partial charge is 0.496 e. The average Bonchev–Trinajstić information content (AvgIpc) is 2.91. The molecule has 0 aromatic heterocycles. The number of benzene rings is 1. The Balaban J connectivity index is 2.38. The highest BCUT2D eigenvalue weighted by atomic mass is 79.9. The summed E-state index contributed by atoms with van der Waals surface area (Å²) in [5.74, 6) is 1.15. The van der Waals surface area contributed by atoms with Crippen molar-refractivity contribution in [1.29, 1.82) is 0 Å². The molecule has 18 heavy (non-hydrogen) atoms. The van der Waals surface area contributed by atoms with Crippen molar-refractivity contribution in [3.05, 3.63) is 22.2 Å². The molecule has 1 aromatic carbocycles. The Hall–Kier alpha value is -1.07. The second-order valence-electron chi connectivity index (χ2n) is 4.11. The molecule has 1 aromatic rings. The van der Waals surface area contributed by atoms with Crippen molar-refractivity contribution in [3.63, 3.8) is 0 Å². The summed E-state index contributed by atoms with van der Waals surface area (Å²) in [6.07, 6.45) is 0.764. The zero-order valence-corrected chi connectivity index (χ0v) is 12.0. The zero-order chi connectivity index (χ0) is 13.1. The molecule has 1 aliphatic rings. The fourth-order valence-electron chi connectivity index (χ4n) is 2.01. The quantitative estimate of drug-likeness (QED) is 0.802. The number of carbonyl (C=O) groups excluding carboxylic acids is 1. The number of ether oxygens (including phenoxy) is 3. The third-order valence-corrected chi connectivity index (χ3v) is 3.66. The molecule has 0 radical (unpaired) electrons. The molecule has 1 atom stereocenters. The van der Waals surface area contributed by atoms with Crippen LogP contribution in [0.25, 0.3) is 0 Å². The normalized spacial score (nSPS) is 18.7. The molecule has 2 rings (SSSR count). The lowest BCUT2D eigenvalue weighted by Crippen LogP contribution is -2.15. The summed E-state index contributed by atoms with van der Waals surface area (Å²) < 4.78 is 16.5. The summed E-state index contributed by atoms with van der Waals surface area (Å²) in [7, 11) is 3.12. The minimum atomic E-state index is -0.0789. The number of methoxy groups -OCH3 is 2. The van der Waals surface area contributed by atoms with E-state index in [2.05, 4.69) is 15.9 Å². The van der Waals surface area contributed by atoms with Crippen molar-refractivity contribution in [1.82, 2.24) is 0 Å². The topological polar surface area (TPSA) is 44.8 Å². The predicted octanol–water partition coefficient (Wildman–Crippen LogP) is 2.69. The fourth-order valence-corrected chi connectivity index (χ4v) is 2.50. The molecule has 0 bridgehead atoms. The maximum absolute atomic E-state index is 12.4. The summed E-state index contributed by atoms with van der Waals surface area (Å²) in [5, 5.41) is 0. The second-order valence-corrected chi connectivity index (χ2v) is 4.97.